The molecule has 0 radical (unpaired) electrons. The maximum Gasteiger partial charge on any atom is 0.266 e. The predicted octanol–water partition coefficient (Wildman–Crippen LogP) is 3.31. The molecule has 0 aromatic heterocycles. The minimum Gasteiger partial charge on any atom is -0.497 e. The molecule has 1 heterocycles. The van der Waals surface area contributed by atoms with Gasteiger partial charge in [-0.2, -0.15) is 0 Å². The molecule has 0 saturated heterocycles. The Labute approximate surface area is 132 Å². The van der Waals surface area contributed by atoms with Crippen LogP contribution in [-0.4, -0.2) is 18.9 Å². The summed E-state index contributed by atoms with van der Waals surface area (Å²) in [6, 6.07) is 13.6. The van der Waals surface area contributed by atoms with E-state index in [1.807, 2.05) is 0 Å². The summed E-state index contributed by atoms with van der Waals surface area (Å²) in [7, 11) is 1.57. The molecule has 1 aliphatic rings. The van der Waals surface area contributed by atoms with Crippen LogP contribution in [0.25, 0.3) is 5.57 Å². The van der Waals surface area contributed by atoms with Crippen molar-refractivity contribution < 1.29 is 14.3 Å². The molecule has 22 heavy (non-hydrogen) atoms. The predicted molar refractivity (Wildman–Crippen MR) is 84.9 cm³/mol. The van der Waals surface area contributed by atoms with Crippen molar-refractivity contribution in [1.82, 2.24) is 0 Å². The van der Waals surface area contributed by atoms with Gasteiger partial charge in [0, 0.05) is 11.1 Å². The smallest absolute Gasteiger partial charge is 0.266 e. The van der Waals surface area contributed by atoms with Gasteiger partial charge in [0.25, 0.3) is 11.8 Å². The molecular weight excluding hydrogens is 302 g/mol. The molecule has 1 aliphatic heterocycles. The molecule has 2 amide bonds. The number of hydrogen-bond acceptors (Lipinski definition) is 3. The minimum atomic E-state index is -0.363. The molecule has 3 rings (SSSR count). The molecule has 2 aromatic carbocycles. The quantitative estimate of drug-likeness (QED) is 0.817. The Morgan fingerprint density at radius 3 is 2.18 bits per heavy atom. The first kappa shape index (κ1) is 14.4. The molecule has 5 heteroatoms. The molecule has 0 atom stereocenters. The van der Waals surface area contributed by atoms with Gasteiger partial charge in [0.1, 0.15) is 5.75 Å². The summed E-state index contributed by atoms with van der Waals surface area (Å²) in [6.07, 6.45) is 1.35. The van der Waals surface area contributed by atoms with Crippen molar-refractivity contribution in [1.29, 1.82) is 0 Å². The molecule has 0 fully saturated rings. The normalized spacial score (nSPS) is 14.3. The van der Waals surface area contributed by atoms with Gasteiger partial charge >= 0.3 is 0 Å². The SMILES string of the molecule is COc1ccc(C2=CC(=O)N(c3ccc(Cl)cc3)C2=O)cc1. The molecule has 0 bridgehead atoms. The second-order valence-corrected chi connectivity index (χ2v) is 5.18. The number of halogens is 1. The molecule has 0 saturated carbocycles. The van der Waals surface area contributed by atoms with Gasteiger partial charge in [-0.25, -0.2) is 4.90 Å². The van der Waals surface area contributed by atoms with Crippen LogP contribution in [0.5, 0.6) is 5.75 Å². The van der Waals surface area contributed by atoms with Crippen LogP contribution >= 0.6 is 11.6 Å². The van der Waals surface area contributed by atoms with Gasteiger partial charge in [0.05, 0.1) is 18.4 Å². The van der Waals surface area contributed by atoms with Gasteiger partial charge < -0.3 is 4.74 Å². The molecule has 2 aromatic rings. The van der Waals surface area contributed by atoms with Crippen LogP contribution in [-0.2, 0) is 9.59 Å². The summed E-state index contributed by atoms with van der Waals surface area (Å²) in [5.74, 6) is -0.0219. The maximum atomic E-state index is 12.5. The van der Waals surface area contributed by atoms with Crippen molar-refractivity contribution in [3.63, 3.8) is 0 Å². The summed E-state index contributed by atoms with van der Waals surface area (Å²) in [5, 5.41) is 0.547. The first-order valence-electron chi connectivity index (χ1n) is 6.60. The largest absolute Gasteiger partial charge is 0.497 e. The van der Waals surface area contributed by atoms with Crippen molar-refractivity contribution in [2.45, 2.75) is 0 Å². The summed E-state index contributed by atoms with van der Waals surface area (Å²) >= 11 is 5.83. The minimum absolute atomic E-state index is 0.350. The van der Waals surface area contributed by atoms with Crippen molar-refractivity contribution in [2.75, 3.05) is 12.0 Å². The number of hydrogen-bond donors (Lipinski definition) is 0. The number of benzene rings is 2. The highest BCUT2D eigenvalue weighted by molar-refractivity contribution is 6.43. The van der Waals surface area contributed by atoms with Gasteiger partial charge in [-0.1, -0.05) is 23.7 Å². The number of ether oxygens (including phenoxy) is 1. The number of anilines is 1. The first-order chi connectivity index (χ1) is 10.6. The lowest BCUT2D eigenvalue weighted by Crippen LogP contribution is -2.30. The second-order valence-electron chi connectivity index (χ2n) is 4.74. The van der Waals surface area contributed by atoms with Crippen LogP contribution in [0.15, 0.2) is 54.6 Å². The van der Waals surface area contributed by atoms with Crippen LogP contribution in [0.2, 0.25) is 5.02 Å². The molecule has 0 spiro atoms. The summed E-state index contributed by atoms with van der Waals surface area (Å²) in [5.41, 5.74) is 1.54. The zero-order chi connectivity index (χ0) is 15.7. The maximum absolute atomic E-state index is 12.5. The van der Waals surface area contributed by atoms with E-state index in [2.05, 4.69) is 0 Å². The fourth-order valence-electron chi connectivity index (χ4n) is 2.28. The van der Waals surface area contributed by atoms with E-state index < -0.39 is 0 Å². The van der Waals surface area contributed by atoms with Crippen LogP contribution in [0.3, 0.4) is 0 Å². The van der Waals surface area contributed by atoms with E-state index in [1.165, 1.54) is 6.08 Å². The van der Waals surface area contributed by atoms with Gasteiger partial charge in [-0.05, 0) is 42.0 Å². The Morgan fingerprint density at radius 2 is 1.59 bits per heavy atom. The lowest BCUT2D eigenvalue weighted by molar-refractivity contribution is -0.119. The Balaban J connectivity index is 1.92. The van der Waals surface area contributed by atoms with Crippen molar-refractivity contribution in [3.8, 4) is 5.75 Å². The number of carbonyl (C=O) groups is 2. The van der Waals surface area contributed by atoms with Crippen molar-refractivity contribution >= 4 is 34.7 Å². The summed E-state index contributed by atoms with van der Waals surface area (Å²) in [4.78, 5) is 25.8. The topological polar surface area (TPSA) is 46.6 Å². The summed E-state index contributed by atoms with van der Waals surface area (Å²) < 4.78 is 5.09. The van der Waals surface area contributed by atoms with E-state index in [0.717, 1.165) is 4.90 Å². The Bertz CT molecular complexity index is 763. The van der Waals surface area contributed by atoms with Crippen LogP contribution < -0.4 is 9.64 Å². The average Bonchev–Trinajstić information content (AvgIpc) is 2.83. The third-order valence-corrected chi connectivity index (χ3v) is 3.66. The number of carbonyl (C=O) groups excluding carboxylic acids is 2. The third kappa shape index (κ3) is 2.49. The highest BCUT2D eigenvalue weighted by Gasteiger charge is 2.32. The monoisotopic (exact) mass is 313 g/mol. The van der Waals surface area contributed by atoms with Crippen LogP contribution in [0.1, 0.15) is 5.56 Å². The third-order valence-electron chi connectivity index (χ3n) is 3.41. The zero-order valence-corrected chi connectivity index (χ0v) is 12.5. The number of imide groups is 1. The number of rotatable bonds is 3. The van der Waals surface area contributed by atoms with E-state index in [0.29, 0.717) is 27.6 Å². The van der Waals surface area contributed by atoms with Crippen molar-refractivity contribution in [2.24, 2.45) is 0 Å². The average molecular weight is 314 g/mol. The Hall–Kier alpha value is -2.59. The lowest BCUT2D eigenvalue weighted by atomic mass is 10.1. The van der Waals surface area contributed by atoms with E-state index in [4.69, 9.17) is 16.3 Å². The molecule has 0 N–H and O–H groups in total. The first-order valence-corrected chi connectivity index (χ1v) is 6.98. The number of methoxy groups -OCH3 is 1. The van der Waals surface area contributed by atoms with Gasteiger partial charge in [0.15, 0.2) is 0 Å². The highest BCUT2D eigenvalue weighted by Crippen LogP contribution is 2.29. The van der Waals surface area contributed by atoms with E-state index in [-0.39, 0.29) is 11.8 Å². The summed E-state index contributed by atoms with van der Waals surface area (Å²) in [6.45, 7) is 0. The zero-order valence-electron chi connectivity index (χ0n) is 11.7. The van der Waals surface area contributed by atoms with Gasteiger partial charge in [-0.15, -0.1) is 0 Å². The standard InChI is InChI=1S/C17H12ClNO3/c1-22-14-8-2-11(3-9-14)15-10-16(20)19(17(15)21)13-6-4-12(18)5-7-13/h2-10H,1H3. The van der Waals surface area contributed by atoms with E-state index in [1.54, 1.807) is 55.6 Å². The Kier molecular flexibility index (Phi) is 3.69. The molecular formula is C17H12ClNO3. The lowest BCUT2D eigenvalue weighted by Gasteiger charge is -2.15. The second kappa shape index (κ2) is 5.66. The van der Waals surface area contributed by atoms with Gasteiger partial charge in [0.2, 0.25) is 0 Å². The van der Waals surface area contributed by atoms with Crippen LogP contribution in [0, 0.1) is 0 Å². The van der Waals surface area contributed by atoms with Crippen molar-refractivity contribution in [3.05, 3.63) is 65.2 Å². The van der Waals surface area contributed by atoms with E-state index in [9.17, 15) is 9.59 Å². The highest BCUT2D eigenvalue weighted by atomic mass is 35.5. The van der Waals surface area contributed by atoms with E-state index >= 15 is 0 Å². The Morgan fingerprint density at radius 1 is 0.955 bits per heavy atom. The van der Waals surface area contributed by atoms with Crippen LogP contribution in [0.4, 0.5) is 5.69 Å². The number of amides is 2. The van der Waals surface area contributed by atoms with Gasteiger partial charge in [-0.3, -0.25) is 9.59 Å². The fourth-order valence-corrected chi connectivity index (χ4v) is 2.41. The molecule has 110 valence electrons. The number of nitrogens with zero attached hydrogens (tertiary/aromatic N) is 1. The molecule has 4 nitrogen and oxygen atoms in total. The molecule has 0 aliphatic carbocycles. The molecule has 0 unspecified atom stereocenters. The fraction of sp³-hybridized carbons (Fsp3) is 0.0588.